The highest BCUT2D eigenvalue weighted by atomic mass is 16.6. The van der Waals surface area contributed by atoms with Gasteiger partial charge in [-0.15, -0.1) is 0 Å². The van der Waals surface area contributed by atoms with Gasteiger partial charge in [-0.25, -0.2) is 4.79 Å². The van der Waals surface area contributed by atoms with Gasteiger partial charge >= 0.3 is 12.1 Å². The zero-order valence-electron chi connectivity index (χ0n) is 29.1. The van der Waals surface area contributed by atoms with Crippen molar-refractivity contribution in [3.8, 4) is 0 Å². The third-order valence-electron chi connectivity index (χ3n) is 7.90. The molecule has 0 aliphatic rings. The van der Waals surface area contributed by atoms with Crippen LogP contribution in [0.25, 0.3) is 0 Å². The Hall–Kier alpha value is -4.40. The van der Waals surface area contributed by atoms with E-state index in [1.165, 1.54) is 0 Å². The lowest BCUT2D eigenvalue weighted by atomic mass is 9.84. The summed E-state index contributed by atoms with van der Waals surface area (Å²) in [6, 6.07) is 17.3. The van der Waals surface area contributed by atoms with Crippen molar-refractivity contribution < 1.29 is 23.9 Å². The average molecular weight is 646 g/mol. The Kier molecular flexibility index (Phi) is 13.0. The van der Waals surface area contributed by atoms with Crippen LogP contribution in [0.5, 0.6) is 0 Å². The van der Waals surface area contributed by atoms with Crippen molar-refractivity contribution in [3.05, 3.63) is 99.5 Å². The van der Waals surface area contributed by atoms with Crippen molar-refractivity contribution in [2.24, 2.45) is 5.92 Å². The van der Waals surface area contributed by atoms with Gasteiger partial charge in [-0.05, 0) is 82.2 Å². The molecular weight excluding hydrogens is 594 g/mol. The molecule has 0 bridgehead atoms. The number of aromatic nitrogens is 1. The van der Waals surface area contributed by atoms with Crippen LogP contribution in [0.4, 0.5) is 10.5 Å². The van der Waals surface area contributed by atoms with Crippen molar-refractivity contribution in [2.75, 3.05) is 5.32 Å². The third kappa shape index (κ3) is 11.4. The van der Waals surface area contributed by atoms with Gasteiger partial charge in [0, 0.05) is 19.2 Å². The number of carbonyl (C=O) groups excluding carboxylic acids is 3. The summed E-state index contributed by atoms with van der Waals surface area (Å²) in [5, 5.41) is 5.49. The van der Waals surface area contributed by atoms with Crippen molar-refractivity contribution in [2.45, 2.75) is 111 Å². The maximum Gasteiger partial charge on any atom is 0.408 e. The van der Waals surface area contributed by atoms with E-state index in [4.69, 9.17) is 9.47 Å². The van der Waals surface area contributed by atoms with E-state index in [9.17, 15) is 19.2 Å². The second-order valence-corrected chi connectivity index (χ2v) is 14.0. The summed E-state index contributed by atoms with van der Waals surface area (Å²) in [6.07, 6.45) is 4.05. The standard InChI is InChI=1S/C38H51N3O6/c1-26(2)14-12-13-22-41-23-21-27(3)32(34(41)43)40-33(42)31(39-36(45)46-25-29-15-10-9-11-16-29)24-28-17-19-30(20-18-28)38(7,8)35(44)47-37(4,5)6/h9-11,15-21,23,26,31H,12-14,22,24-25H2,1-8H3,(H,39,45)(H,40,42)/t31-/m1/s1. The highest BCUT2D eigenvalue weighted by molar-refractivity contribution is 5.97. The Morgan fingerprint density at radius 3 is 2.15 bits per heavy atom. The van der Waals surface area contributed by atoms with Gasteiger partial charge in [-0.1, -0.05) is 81.3 Å². The quantitative estimate of drug-likeness (QED) is 0.143. The van der Waals surface area contributed by atoms with E-state index < -0.39 is 29.1 Å². The predicted octanol–water partition coefficient (Wildman–Crippen LogP) is 7.08. The number of aryl methyl sites for hydroxylation is 2. The molecule has 0 radical (unpaired) electrons. The number of nitrogens with zero attached hydrogens (tertiary/aromatic N) is 1. The Bertz CT molecular complexity index is 1550. The topological polar surface area (TPSA) is 116 Å². The predicted molar refractivity (Wildman–Crippen MR) is 185 cm³/mol. The van der Waals surface area contributed by atoms with E-state index >= 15 is 0 Å². The Morgan fingerprint density at radius 1 is 0.872 bits per heavy atom. The molecule has 0 aliphatic heterocycles. The third-order valence-corrected chi connectivity index (χ3v) is 7.90. The number of rotatable bonds is 14. The van der Waals surface area contributed by atoms with Crippen LogP contribution in [0.15, 0.2) is 71.7 Å². The monoisotopic (exact) mass is 645 g/mol. The second-order valence-electron chi connectivity index (χ2n) is 14.0. The molecule has 9 heteroatoms. The van der Waals surface area contributed by atoms with Crippen LogP contribution in [-0.4, -0.2) is 34.2 Å². The number of anilines is 1. The van der Waals surface area contributed by atoms with Gasteiger partial charge in [0.1, 0.15) is 23.9 Å². The van der Waals surface area contributed by atoms with Gasteiger partial charge in [0.05, 0.1) is 5.41 Å². The van der Waals surface area contributed by atoms with Crippen LogP contribution in [0.2, 0.25) is 0 Å². The number of esters is 1. The lowest BCUT2D eigenvalue weighted by molar-refractivity contribution is -0.160. The second kappa shape index (κ2) is 16.4. The summed E-state index contributed by atoms with van der Waals surface area (Å²) < 4.78 is 12.7. The van der Waals surface area contributed by atoms with Crippen molar-refractivity contribution in [1.82, 2.24) is 9.88 Å². The fourth-order valence-electron chi connectivity index (χ4n) is 4.97. The molecule has 2 amide bonds. The maximum atomic E-state index is 13.7. The Morgan fingerprint density at radius 2 is 1.53 bits per heavy atom. The fraction of sp³-hybridized carbons (Fsp3) is 0.474. The minimum atomic E-state index is -1.05. The number of carbonyl (C=O) groups is 3. The van der Waals surface area contributed by atoms with Crippen LogP contribution in [0, 0.1) is 12.8 Å². The molecule has 0 saturated heterocycles. The molecule has 0 spiro atoms. The summed E-state index contributed by atoms with van der Waals surface area (Å²) >= 11 is 0. The first-order chi connectivity index (χ1) is 22.1. The molecular formula is C38H51N3O6. The van der Waals surface area contributed by atoms with Crippen LogP contribution in [-0.2, 0) is 44.1 Å². The molecule has 1 atom stereocenters. The van der Waals surface area contributed by atoms with Crippen LogP contribution in [0.3, 0.4) is 0 Å². The summed E-state index contributed by atoms with van der Waals surface area (Å²) in [6.45, 7) is 15.8. The molecule has 1 heterocycles. The van der Waals surface area contributed by atoms with Gasteiger partial charge in [0.25, 0.3) is 5.56 Å². The molecule has 254 valence electrons. The number of ether oxygens (including phenoxy) is 2. The average Bonchev–Trinajstić information content (AvgIpc) is 3.00. The SMILES string of the molecule is Cc1ccn(CCCCC(C)C)c(=O)c1NC(=O)[C@@H](Cc1ccc(C(C)(C)C(=O)OC(C)(C)C)cc1)NC(=O)OCc1ccccc1. The number of amides is 2. The van der Waals surface area contributed by atoms with Crippen molar-refractivity contribution in [1.29, 1.82) is 0 Å². The van der Waals surface area contributed by atoms with Gasteiger partial charge in [0.2, 0.25) is 5.91 Å². The zero-order valence-corrected chi connectivity index (χ0v) is 29.1. The van der Waals surface area contributed by atoms with Crippen molar-refractivity contribution >= 4 is 23.7 Å². The normalized spacial score (nSPS) is 12.4. The summed E-state index contributed by atoms with van der Waals surface area (Å²) in [7, 11) is 0. The molecule has 2 aromatic carbocycles. The molecule has 0 saturated carbocycles. The lowest BCUT2D eigenvalue weighted by Crippen LogP contribution is -2.46. The zero-order chi connectivity index (χ0) is 34.8. The molecule has 1 aromatic heterocycles. The van der Waals surface area contributed by atoms with E-state index in [-0.39, 0.29) is 30.2 Å². The number of hydrogen-bond acceptors (Lipinski definition) is 6. The van der Waals surface area contributed by atoms with Gasteiger partial charge in [0.15, 0.2) is 0 Å². The maximum absolute atomic E-state index is 13.7. The van der Waals surface area contributed by atoms with Crippen LogP contribution >= 0.6 is 0 Å². The van der Waals surface area contributed by atoms with E-state index in [1.54, 1.807) is 37.6 Å². The molecule has 0 fully saturated rings. The highest BCUT2D eigenvalue weighted by Crippen LogP contribution is 2.27. The van der Waals surface area contributed by atoms with Crippen LogP contribution < -0.4 is 16.2 Å². The number of hydrogen-bond donors (Lipinski definition) is 2. The van der Waals surface area contributed by atoms with E-state index in [0.29, 0.717) is 18.0 Å². The number of alkyl carbamates (subject to hydrolysis) is 1. The minimum absolute atomic E-state index is 0.0365. The first kappa shape index (κ1) is 37.1. The lowest BCUT2D eigenvalue weighted by Gasteiger charge is -2.29. The van der Waals surface area contributed by atoms with E-state index in [0.717, 1.165) is 36.0 Å². The van der Waals surface area contributed by atoms with Crippen molar-refractivity contribution in [3.63, 3.8) is 0 Å². The van der Waals surface area contributed by atoms with E-state index in [2.05, 4.69) is 24.5 Å². The van der Waals surface area contributed by atoms with Gasteiger partial charge in [-0.3, -0.25) is 14.4 Å². The fourth-order valence-corrected chi connectivity index (χ4v) is 4.97. The highest BCUT2D eigenvalue weighted by Gasteiger charge is 2.34. The summed E-state index contributed by atoms with van der Waals surface area (Å²) in [5.41, 5.74) is 1.29. The number of pyridine rings is 1. The van der Waals surface area contributed by atoms with Crippen LogP contribution in [0.1, 0.15) is 90.0 Å². The largest absolute Gasteiger partial charge is 0.459 e. The smallest absolute Gasteiger partial charge is 0.408 e. The summed E-state index contributed by atoms with van der Waals surface area (Å²) in [5.74, 6) is -0.296. The number of benzene rings is 2. The first-order valence-corrected chi connectivity index (χ1v) is 16.4. The first-order valence-electron chi connectivity index (χ1n) is 16.4. The molecule has 3 aromatic rings. The van der Waals surface area contributed by atoms with Gasteiger partial charge in [-0.2, -0.15) is 0 Å². The molecule has 0 aliphatic carbocycles. The molecule has 0 unspecified atom stereocenters. The van der Waals surface area contributed by atoms with E-state index in [1.807, 2.05) is 75.4 Å². The molecule has 3 rings (SSSR count). The number of unbranched alkanes of at least 4 members (excludes halogenated alkanes) is 1. The summed E-state index contributed by atoms with van der Waals surface area (Å²) in [4.78, 5) is 52.9. The molecule has 2 N–H and O–H groups in total. The number of nitrogens with one attached hydrogen (secondary N) is 2. The molecule has 47 heavy (non-hydrogen) atoms. The Balaban J connectivity index is 1.81. The molecule has 9 nitrogen and oxygen atoms in total. The Labute approximate surface area is 279 Å². The van der Waals surface area contributed by atoms with Gasteiger partial charge < -0.3 is 24.7 Å². The minimum Gasteiger partial charge on any atom is -0.459 e.